The molecule has 0 spiro atoms. The lowest BCUT2D eigenvalue weighted by molar-refractivity contribution is 0.368. The smallest absolute Gasteiger partial charge is 0.429 e. The number of piperidine rings is 1. The number of hydrogen-bond donors (Lipinski definition) is 2. The predicted molar refractivity (Wildman–Crippen MR) is 39.4 cm³/mol. The zero-order chi connectivity index (χ0) is 7.40. The number of fused-ring (bicyclic) bond motifs is 2. The summed E-state index contributed by atoms with van der Waals surface area (Å²) in [6.45, 7) is 4.20. The van der Waals surface area contributed by atoms with Gasteiger partial charge >= 0.3 is 7.69 Å². The topological polar surface area (TPSA) is 43.7 Å². The van der Waals surface area contributed by atoms with Gasteiger partial charge in [0.05, 0.1) is 0 Å². The Morgan fingerprint density at radius 2 is 1.70 bits per heavy atom. The van der Waals surface area contributed by atoms with Gasteiger partial charge in [0.1, 0.15) is 0 Å². The quantitative estimate of drug-likeness (QED) is 0.436. The van der Waals surface area contributed by atoms with Crippen LogP contribution in [0.25, 0.3) is 0 Å². The van der Waals surface area contributed by atoms with Gasteiger partial charge in [-0.2, -0.15) is 0 Å². The van der Waals surface area contributed by atoms with Gasteiger partial charge in [-0.05, 0) is 31.8 Å². The average molecular weight is 142 g/mol. The van der Waals surface area contributed by atoms with E-state index in [-0.39, 0.29) is 7.69 Å². The summed E-state index contributed by atoms with van der Waals surface area (Å²) in [6.07, 6.45) is 2.97. The maximum Gasteiger partial charge on any atom is 0.482 e. The number of rotatable bonds is 0. The molecular weight excluding hydrogens is 129 g/mol. The fourth-order valence-electron chi connectivity index (χ4n) is 1.72. The molecule has 3 nitrogen and oxygen atoms in total. The largest absolute Gasteiger partial charge is 0.482 e. The van der Waals surface area contributed by atoms with Crippen molar-refractivity contribution < 1.29 is 10.0 Å². The van der Waals surface area contributed by atoms with E-state index in [4.69, 9.17) is 10.0 Å². The van der Waals surface area contributed by atoms with Gasteiger partial charge in [0.15, 0.2) is 0 Å². The lowest BCUT2D eigenvalue weighted by Gasteiger charge is -2.09. The molecule has 1 radical (unpaired) electrons. The SMILES string of the molecule is C1CN2CCC1C2.O[B]O. The molecule has 0 unspecified atom stereocenters. The molecule has 0 aliphatic carbocycles. The normalized spacial score (nSPS) is 35.0. The van der Waals surface area contributed by atoms with Crippen molar-refractivity contribution in [2.75, 3.05) is 19.6 Å². The summed E-state index contributed by atoms with van der Waals surface area (Å²) in [6, 6.07) is 0. The average Bonchev–Trinajstić information content (AvgIpc) is 2.49. The maximum absolute atomic E-state index is 7.00. The Morgan fingerprint density at radius 1 is 1.20 bits per heavy atom. The standard InChI is InChI=1S/C6H11N.BH2O2/c1-3-7-4-2-6(1)5-7;2-1-3/h6H,1-5H2;2-3H. The van der Waals surface area contributed by atoms with Crippen molar-refractivity contribution in [1.29, 1.82) is 0 Å². The van der Waals surface area contributed by atoms with E-state index in [0.29, 0.717) is 0 Å². The van der Waals surface area contributed by atoms with Gasteiger partial charge < -0.3 is 14.9 Å². The van der Waals surface area contributed by atoms with Gasteiger partial charge in [-0.15, -0.1) is 0 Å². The van der Waals surface area contributed by atoms with Crippen LogP contribution in [-0.4, -0.2) is 42.3 Å². The van der Waals surface area contributed by atoms with Crippen molar-refractivity contribution in [3.8, 4) is 0 Å². The Labute approximate surface area is 62.0 Å². The Morgan fingerprint density at radius 3 is 1.80 bits per heavy atom. The van der Waals surface area contributed by atoms with Gasteiger partial charge in [-0.3, -0.25) is 0 Å². The van der Waals surface area contributed by atoms with Crippen molar-refractivity contribution in [3.63, 3.8) is 0 Å². The summed E-state index contributed by atoms with van der Waals surface area (Å²) < 4.78 is 0. The van der Waals surface area contributed by atoms with Crippen LogP contribution in [0.2, 0.25) is 0 Å². The van der Waals surface area contributed by atoms with Gasteiger partial charge in [-0.1, -0.05) is 0 Å². The van der Waals surface area contributed by atoms with E-state index in [0.717, 1.165) is 5.92 Å². The first-order valence-corrected chi connectivity index (χ1v) is 3.69. The molecule has 2 saturated heterocycles. The Balaban J connectivity index is 0.000000148. The first-order chi connectivity index (χ1) is 4.86. The van der Waals surface area contributed by atoms with Crippen LogP contribution in [0.5, 0.6) is 0 Å². The molecule has 10 heavy (non-hydrogen) atoms. The second-order valence-corrected chi connectivity index (χ2v) is 2.86. The Kier molecular flexibility index (Phi) is 3.18. The van der Waals surface area contributed by atoms with Crippen molar-refractivity contribution in [2.45, 2.75) is 12.8 Å². The molecule has 0 atom stereocenters. The summed E-state index contributed by atoms with van der Waals surface area (Å²) >= 11 is 0. The lowest BCUT2D eigenvalue weighted by Crippen LogP contribution is -2.15. The van der Waals surface area contributed by atoms with Crippen LogP contribution < -0.4 is 0 Å². The minimum absolute atomic E-state index is 0. The second-order valence-electron chi connectivity index (χ2n) is 2.86. The van der Waals surface area contributed by atoms with Crippen molar-refractivity contribution in [2.24, 2.45) is 5.92 Å². The van der Waals surface area contributed by atoms with E-state index in [1.807, 2.05) is 0 Å². The van der Waals surface area contributed by atoms with Crippen LogP contribution in [0, 0.1) is 5.92 Å². The molecule has 2 aliphatic heterocycles. The third-order valence-electron chi connectivity index (χ3n) is 2.22. The van der Waals surface area contributed by atoms with Crippen molar-refractivity contribution >= 4 is 7.69 Å². The van der Waals surface area contributed by atoms with E-state index in [2.05, 4.69) is 4.90 Å². The van der Waals surface area contributed by atoms with Crippen LogP contribution in [0.3, 0.4) is 0 Å². The minimum atomic E-state index is 0. The summed E-state index contributed by atoms with van der Waals surface area (Å²) in [5.41, 5.74) is 0. The van der Waals surface area contributed by atoms with E-state index < -0.39 is 0 Å². The summed E-state index contributed by atoms with van der Waals surface area (Å²) in [4.78, 5) is 2.56. The molecule has 0 aromatic carbocycles. The first-order valence-electron chi connectivity index (χ1n) is 3.69. The minimum Gasteiger partial charge on any atom is -0.429 e. The van der Waals surface area contributed by atoms with Crippen LogP contribution in [0.1, 0.15) is 12.8 Å². The fourth-order valence-corrected chi connectivity index (χ4v) is 1.72. The maximum atomic E-state index is 7.00. The highest BCUT2D eigenvalue weighted by Gasteiger charge is 2.28. The van der Waals surface area contributed by atoms with Gasteiger partial charge in [0.2, 0.25) is 0 Å². The van der Waals surface area contributed by atoms with E-state index >= 15 is 0 Å². The molecule has 2 fully saturated rings. The number of nitrogens with zero attached hydrogens (tertiary/aromatic N) is 1. The van der Waals surface area contributed by atoms with Gasteiger partial charge in [-0.25, -0.2) is 0 Å². The predicted octanol–water partition coefficient (Wildman–Crippen LogP) is -0.783. The monoisotopic (exact) mass is 142 g/mol. The zero-order valence-electron chi connectivity index (χ0n) is 6.03. The third-order valence-corrected chi connectivity index (χ3v) is 2.22. The fraction of sp³-hybridized carbons (Fsp3) is 1.00. The molecule has 57 valence electrons. The van der Waals surface area contributed by atoms with Crippen molar-refractivity contribution in [3.05, 3.63) is 0 Å². The first kappa shape index (κ1) is 8.05. The molecule has 4 heteroatoms. The highest BCUT2D eigenvalue weighted by molar-refractivity contribution is 6.13. The Bertz CT molecular complexity index is 83.7. The molecule has 0 amide bonds. The summed E-state index contributed by atoms with van der Waals surface area (Å²) in [5.74, 6) is 1.10. The van der Waals surface area contributed by atoms with Crippen LogP contribution >= 0.6 is 0 Å². The molecule has 0 aromatic rings. The highest BCUT2D eigenvalue weighted by Crippen LogP contribution is 2.26. The van der Waals surface area contributed by atoms with E-state index in [9.17, 15) is 0 Å². The summed E-state index contributed by atoms with van der Waals surface area (Å²) in [7, 11) is 0. The molecule has 2 aliphatic rings. The zero-order valence-corrected chi connectivity index (χ0v) is 6.03. The molecule has 2 bridgehead atoms. The molecule has 2 heterocycles. The van der Waals surface area contributed by atoms with Crippen LogP contribution in [0.15, 0.2) is 0 Å². The lowest BCUT2D eigenvalue weighted by atomic mass is 10.1. The highest BCUT2D eigenvalue weighted by atomic mass is 16.4. The molecule has 2 rings (SSSR count). The van der Waals surface area contributed by atoms with E-state index in [1.165, 1.54) is 32.5 Å². The molecular formula is C6H13BNO2. The van der Waals surface area contributed by atoms with Crippen LogP contribution in [0.4, 0.5) is 0 Å². The molecule has 0 aromatic heterocycles. The number of hydrogen-bond acceptors (Lipinski definition) is 3. The summed E-state index contributed by atoms with van der Waals surface area (Å²) in [5, 5.41) is 14.0. The third kappa shape index (κ3) is 1.97. The van der Waals surface area contributed by atoms with Crippen molar-refractivity contribution in [1.82, 2.24) is 4.90 Å². The van der Waals surface area contributed by atoms with E-state index in [1.54, 1.807) is 0 Å². The molecule has 2 N–H and O–H groups in total. The molecule has 0 saturated carbocycles. The van der Waals surface area contributed by atoms with Gasteiger partial charge in [0, 0.05) is 6.54 Å². The Hall–Kier alpha value is -0.0551. The second kappa shape index (κ2) is 3.96. The van der Waals surface area contributed by atoms with Gasteiger partial charge in [0.25, 0.3) is 0 Å². The van der Waals surface area contributed by atoms with Crippen LogP contribution in [-0.2, 0) is 0 Å².